The van der Waals surface area contributed by atoms with Crippen LogP contribution in [0.3, 0.4) is 0 Å². The van der Waals surface area contributed by atoms with E-state index in [9.17, 15) is 14.4 Å². The molecule has 0 atom stereocenters. The third kappa shape index (κ3) is 5.81. The van der Waals surface area contributed by atoms with Gasteiger partial charge in [-0.2, -0.15) is 0 Å². The van der Waals surface area contributed by atoms with Gasteiger partial charge in [0.2, 0.25) is 11.8 Å². The number of carbonyl (C=O) groups is 3. The van der Waals surface area contributed by atoms with Crippen LogP contribution in [0.5, 0.6) is 5.75 Å². The Labute approximate surface area is 170 Å². The molecule has 0 unspecified atom stereocenters. The Kier molecular flexibility index (Phi) is 7.36. The van der Waals surface area contributed by atoms with E-state index in [1.54, 1.807) is 45.2 Å². The number of methoxy groups -OCH3 is 2. The Morgan fingerprint density at radius 2 is 1.52 bits per heavy atom. The fourth-order valence-electron chi connectivity index (χ4n) is 2.53. The third-order valence-electron chi connectivity index (χ3n) is 4.56. The zero-order chi connectivity index (χ0) is 21.4. The fourth-order valence-corrected chi connectivity index (χ4v) is 2.53. The molecule has 2 rings (SSSR count). The molecule has 0 aromatic heterocycles. The Balaban J connectivity index is 1.89. The van der Waals surface area contributed by atoms with Gasteiger partial charge in [0.1, 0.15) is 11.2 Å². The lowest BCUT2D eigenvalue weighted by Gasteiger charge is -2.22. The van der Waals surface area contributed by atoms with Crippen molar-refractivity contribution in [2.24, 2.45) is 5.41 Å². The average molecular weight is 398 g/mol. The maximum atomic E-state index is 12.6. The molecule has 0 aliphatic heterocycles. The second-order valence-corrected chi connectivity index (χ2v) is 7.00. The first-order valence-corrected chi connectivity index (χ1v) is 9.19. The summed E-state index contributed by atoms with van der Waals surface area (Å²) in [7, 11) is 2.91. The molecule has 2 amide bonds. The second kappa shape index (κ2) is 9.73. The standard InChI is InChI=1S/C22H26N2O5/c1-22(2,20(26)23-14-13-15-5-11-18(28-3)12-6-15)21(27)24-17-9-7-16(8-10-17)19(25)29-4/h5-12H,13-14H2,1-4H3,(H,23,26)(H,24,27). The summed E-state index contributed by atoms with van der Waals surface area (Å²) < 4.78 is 9.76. The summed E-state index contributed by atoms with van der Waals surface area (Å²) in [6.45, 7) is 3.54. The molecule has 0 saturated carbocycles. The number of ether oxygens (including phenoxy) is 2. The van der Waals surface area contributed by atoms with Crippen LogP contribution < -0.4 is 15.4 Å². The summed E-state index contributed by atoms with van der Waals surface area (Å²) in [6, 6.07) is 13.8. The van der Waals surface area contributed by atoms with Gasteiger partial charge in [0.05, 0.1) is 19.8 Å². The molecule has 29 heavy (non-hydrogen) atoms. The molecule has 7 heteroatoms. The lowest BCUT2D eigenvalue weighted by Crippen LogP contribution is -2.45. The van der Waals surface area contributed by atoms with E-state index >= 15 is 0 Å². The van der Waals surface area contributed by atoms with Gasteiger partial charge in [0.15, 0.2) is 0 Å². The van der Waals surface area contributed by atoms with Crippen molar-refractivity contribution in [3.8, 4) is 5.75 Å². The van der Waals surface area contributed by atoms with Gasteiger partial charge >= 0.3 is 5.97 Å². The van der Waals surface area contributed by atoms with Crippen LogP contribution >= 0.6 is 0 Å². The Hall–Kier alpha value is -3.35. The predicted molar refractivity (Wildman–Crippen MR) is 110 cm³/mol. The molecule has 0 radical (unpaired) electrons. The van der Waals surface area contributed by atoms with Crippen LogP contribution in [0.25, 0.3) is 0 Å². The Bertz CT molecular complexity index is 858. The number of carbonyl (C=O) groups excluding carboxylic acids is 3. The molecule has 2 aromatic carbocycles. The molecule has 2 N–H and O–H groups in total. The zero-order valence-electron chi connectivity index (χ0n) is 17.1. The molecule has 0 fully saturated rings. The van der Waals surface area contributed by atoms with E-state index < -0.39 is 17.3 Å². The van der Waals surface area contributed by atoms with Crippen molar-refractivity contribution in [3.05, 3.63) is 59.7 Å². The highest BCUT2D eigenvalue weighted by atomic mass is 16.5. The van der Waals surface area contributed by atoms with Crippen LogP contribution in [-0.2, 0) is 20.7 Å². The Morgan fingerprint density at radius 3 is 2.07 bits per heavy atom. The highest BCUT2D eigenvalue weighted by Crippen LogP contribution is 2.20. The molecule has 0 spiro atoms. The van der Waals surface area contributed by atoms with E-state index in [0.29, 0.717) is 24.2 Å². The summed E-state index contributed by atoms with van der Waals surface area (Å²) in [5.74, 6) is -0.491. The number of benzene rings is 2. The van der Waals surface area contributed by atoms with Crippen molar-refractivity contribution in [1.82, 2.24) is 5.32 Å². The van der Waals surface area contributed by atoms with E-state index in [4.69, 9.17) is 4.74 Å². The highest BCUT2D eigenvalue weighted by molar-refractivity contribution is 6.09. The number of amides is 2. The number of nitrogens with one attached hydrogen (secondary N) is 2. The quantitative estimate of drug-likeness (QED) is 0.527. The number of hydrogen-bond donors (Lipinski definition) is 2. The monoisotopic (exact) mass is 398 g/mol. The van der Waals surface area contributed by atoms with Crippen molar-refractivity contribution in [2.45, 2.75) is 20.3 Å². The molecule has 0 aliphatic carbocycles. The normalized spacial score (nSPS) is 10.8. The van der Waals surface area contributed by atoms with Crippen LogP contribution in [0.4, 0.5) is 5.69 Å². The van der Waals surface area contributed by atoms with Crippen LogP contribution in [-0.4, -0.2) is 38.5 Å². The van der Waals surface area contributed by atoms with E-state index in [0.717, 1.165) is 11.3 Å². The maximum Gasteiger partial charge on any atom is 0.337 e. The van der Waals surface area contributed by atoms with Crippen molar-refractivity contribution < 1.29 is 23.9 Å². The minimum absolute atomic E-state index is 0.366. The summed E-state index contributed by atoms with van der Waals surface area (Å²) in [4.78, 5) is 36.6. The van der Waals surface area contributed by atoms with Gasteiger partial charge in [-0.1, -0.05) is 12.1 Å². The third-order valence-corrected chi connectivity index (χ3v) is 4.56. The van der Waals surface area contributed by atoms with Crippen molar-refractivity contribution in [3.63, 3.8) is 0 Å². The van der Waals surface area contributed by atoms with Gasteiger partial charge in [-0.15, -0.1) is 0 Å². The van der Waals surface area contributed by atoms with E-state index in [1.807, 2.05) is 24.3 Å². The van der Waals surface area contributed by atoms with Gasteiger partial charge in [-0.05, 0) is 62.2 Å². The van der Waals surface area contributed by atoms with Gasteiger partial charge in [-0.25, -0.2) is 4.79 Å². The molecule has 154 valence electrons. The van der Waals surface area contributed by atoms with Crippen LogP contribution in [0, 0.1) is 5.41 Å². The van der Waals surface area contributed by atoms with Gasteiger partial charge in [-0.3, -0.25) is 9.59 Å². The zero-order valence-corrected chi connectivity index (χ0v) is 17.1. The summed E-state index contributed by atoms with van der Waals surface area (Å²) in [5, 5.41) is 5.51. The molecule has 7 nitrogen and oxygen atoms in total. The van der Waals surface area contributed by atoms with Gasteiger partial charge in [0.25, 0.3) is 0 Å². The lowest BCUT2D eigenvalue weighted by atomic mass is 9.90. The first kappa shape index (κ1) is 21.9. The summed E-state index contributed by atoms with van der Waals surface area (Å²) in [5.41, 5.74) is 0.655. The van der Waals surface area contributed by atoms with E-state index in [2.05, 4.69) is 15.4 Å². The minimum atomic E-state index is -1.26. The maximum absolute atomic E-state index is 12.6. The Morgan fingerprint density at radius 1 is 0.897 bits per heavy atom. The first-order chi connectivity index (χ1) is 13.8. The summed E-state index contributed by atoms with van der Waals surface area (Å²) >= 11 is 0. The minimum Gasteiger partial charge on any atom is -0.497 e. The van der Waals surface area contributed by atoms with Crippen molar-refractivity contribution in [1.29, 1.82) is 0 Å². The molecule has 2 aromatic rings. The predicted octanol–water partition coefficient (Wildman–Crippen LogP) is 2.81. The number of esters is 1. The highest BCUT2D eigenvalue weighted by Gasteiger charge is 2.35. The van der Waals surface area contributed by atoms with Crippen LogP contribution in [0.2, 0.25) is 0 Å². The summed E-state index contributed by atoms with van der Waals surface area (Å²) in [6.07, 6.45) is 0.641. The number of rotatable bonds is 8. The largest absolute Gasteiger partial charge is 0.497 e. The molecule has 0 heterocycles. The first-order valence-electron chi connectivity index (χ1n) is 9.19. The molecule has 0 aliphatic rings. The molecular weight excluding hydrogens is 372 g/mol. The smallest absolute Gasteiger partial charge is 0.337 e. The van der Waals surface area contributed by atoms with Crippen LogP contribution in [0.1, 0.15) is 29.8 Å². The van der Waals surface area contributed by atoms with E-state index in [-0.39, 0.29) is 5.91 Å². The van der Waals surface area contributed by atoms with Gasteiger partial charge < -0.3 is 20.1 Å². The molecular formula is C22H26N2O5. The lowest BCUT2D eigenvalue weighted by molar-refractivity contribution is -0.138. The molecule has 0 saturated heterocycles. The van der Waals surface area contributed by atoms with Gasteiger partial charge in [0, 0.05) is 12.2 Å². The molecule has 0 bridgehead atoms. The fraction of sp³-hybridized carbons (Fsp3) is 0.318. The van der Waals surface area contributed by atoms with Crippen molar-refractivity contribution >= 4 is 23.5 Å². The SMILES string of the molecule is COC(=O)c1ccc(NC(=O)C(C)(C)C(=O)NCCc2ccc(OC)cc2)cc1. The van der Waals surface area contributed by atoms with Crippen LogP contribution in [0.15, 0.2) is 48.5 Å². The van der Waals surface area contributed by atoms with E-state index in [1.165, 1.54) is 7.11 Å². The topological polar surface area (TPSA) is 93.7 Å². The number of anilines is 1. The second-order valence-electron chi connectivity index (χ2n) is 7.00. The van der Waals surface area contributed by atoms with Crippen molar-refractivity contribution in [2.75, 3.05) is 26.1 Å². The average Bonchev–Trinajstić information content (AvgIpc) is 2.74. The number of hydrogen-bond acceptors (Lipinski definition) is 5.